The van der Waals surface area contributed by atoms with Gasteiger partial charge in [0.15, 0.2) is 0 Å². The Balaban J connectivity index is 0.000000274. The van der Waals surface area contributed by atoms with Gasteiger partial charge >= 0.3 is 26.2 Å². The molecular formula is C32H36Cl2NSiZr. The second kappa shape index (κ2) is 11.8. The van der Waals surface area contributed by atoms with Crippen molar-refractivity contribution in [2.75, 3.05) is 0 Å². The fraction of sp³-hybridized carbons (Fsp3) is 0.312. The Kier molecular flexibility index (Phi) is 10.1. The molecule has 191 valence electrons. The van der Waals surface area contributed by atoms with Crippen LogP contribution in [0.2, 0.25) is 13.1 Å². The molecule has 2 aliphatic heterocycles. The molecule has 3 aromatic carbocycles. The van der Waals surface area contributed by atoms with E-state index in [0.717, 1.165) is 6.42 Å². The fourth-order valence-corrected chi connectivity index (χ4v) is 9.04. The maximum Gasteiger partial charge on any atom is 3.00 e. The number of halogens is 2. The molecule has 1 aliphatic carbocycles. The SMILES string of the molecule is CC1=NC2=CC=C3C2=C1[Si]3(C)C.CCCc1cc2c(-c3ccc(C(C)(C)C)cc3)cccc2[cH-]1.[Cl-].[Cl-].[Zr+3]. The van der Waals surface area contributed by atoms with Gasteiger partial charge in [0.05, 0.1) is 5.70 Å². The van der Waals surface area contributed by atoms with Gasteiger partial charge in [-0.2, -0.15) is 6.07 Å². The molecule has 3 aliphatic rings. The van der Waals surface area contributed by atoms with Gasteiger partial charge in [0.25, 0.3) is 0 Å². The minimum atomic E-state index is -1.17. The standard InChI is InChI=1S/C22H25.C10H11NSi.2ClH.Zr/c1-5-7-16-14-18-8-6-9-20(21(18)15-16)17-10-12-19(13-11-17)22(2,3)4;1-6-10-9-7(11-6)4-5-8(9)12(10,2)3;;;/h6,8-15H,5,7H2,1-4H3;4-5H,1-3H3;2*1H;/q-1;;;;+3/p-2. The summed E-state index contributed by atoms with van der Waals surface area (Å²) in [6.07, 6.45) is 6.81. The monoisotopic (exact) mass is 622 g/mol. The molecule has 1 radical (unpaired) electrons. The van der Waals surface area contributed by atoms with Crippen LogP contribution in [0.3, 0.4) is 0 Å². The minimum absolute atomic E-state index is 0. The van der Waals surface area contributed by atoms with E-state index in [2.05, 4.69) is 119 Å². The molecule has 0 atom stereocenters. The van der Waals surface area contributed by atoms with Crippen molar-refractivity contribution < 1.29 is 51.0 Å². The van der Waals surface area contributed by atoms with E-state index in [1.54, 1.807) is 10.4 Å². The zero-order chi connectivity index (χ0) is 24.3. The van der Waals surface area contributed by atoms with Crippen molar-refractivity contribution in [2.24, 2.45) is 4.99 Å². The van der Waals surface area contributed by atoms with Gasteiger partial charge in [-0.05, 0) is 46.4 Å². The number of rotatable bonds is 3. The van der Waals surface area contributed by atoms with Gasteiger partial charge in [0.2, 0.25) is 0 Å². The summed E-state index contributed by atoms with van der Waals surface area (Å²) in [6.45, 7) is 16.0. The van der Waals surface area contributed by atoms with Crippen LogP contribution >= 0.6 is 0 Å². The van der Waals surface area contributed by atoms with E-state index in [1.165, 1.54) is 56.4 Å². The second-order valence-corrected chi connectivity index (χ2v) is 15.7. The van der Waals surface area contributed by atoms with Crippen molar-refractivity contribution in [2.45, 2.75) is 66.0 Å². The Morgan fingerprint density at radius 2 is 1.62 bits per heavy atom. The first-order chi connectivity index (χ1) is 16.1. The van der Waals surface area contributed by atoms with Crippen molar-refractivity contribution in [1.29, 1.82) is 0 Å². The fourth-order valence-electron chi connectivity index (χ4n) is 5.73. The van der Waals surface area contributed by atoms with E-state index in [9.17, 15) is 0 Å². The van der Waals surface area contributed by atoms with Crippen LogP contribution in [0.25, 0.3) is 21.9 Å². The summed E-state index contributed by atoms with van der Waals surface area (Å²) in [5.74, 6) is 0. The summed E-state index contributed by atoms with van der Waals surface area (Å²) >= 11 is 0. The summed E-state index contributed by atoms with van der Waals surface area (Å²) < 4.78 is 0. The molecule has 6 rings (SSSR count). The zero-order valence-corrected chi connectivity index (χ0v) is 27.9. The molecule has 0 unspecified atom stereocenters. The van der Waals surface area contributed by atoms with Gasteiger partial charge in [-0.15, -0.1) is 34.5 Å². The first-order valence-electron chi connectivity index (χ1n) is 12.6. The van der Waals surface area contributed by atoms with Gasteiger partial charge < -0.3 is 24.8 Å². The minimum Gasteiger partial charge on any atom is -1.00 e. The van der Waals surface area contributed by atoms with E-state index >= 15 is 0 Å². The molecule has 5 heteroatoms. The van der Waals surface area contributed by atoms with E-state index in [4.69, 9.17) is 0 Å². The Morgan fingerprint density at radius 3 is 2.24 bits per heavy atom. The number of aryl methyl sites for hydroxylation is 1. The number of hydrogen-bond donors (Lipinski definition) is 0. The number of hydrogen-bond acceptors (Lipinski definition) is 1. The average Bonchev–Trinajstić information content (AvgIpc) is 3.43. The van der Waals surface area contributed by atoms with Crippen LogP contribution < -0.4 is 24.8 Å². The zero-order valence-electron chi connectivity index (χ0n) is 23.0. The molecule has 0 bridgehead atoms. The van der Waals surface area contributed by atoms with Crippen molar-refractivity contribution in [3.63, 3.8) is 0 Å². The van der Waals surface area contributed by atoms with Crippen molar-refractivity contribution in [3.05, 3.63) is 99.5 Å². The summed E-state index contributed by atoms with van der Waals surface area (Å²) in [4.78, 5) is 4.56. The van der Waals surface area contributed by atoms with E-state index < -0.39 is 8.07 Å². The number of aliphatic imine (C=N–C) groups is 1. The summed E-state index contributed by atoms with van der Waals surface area (Å²) in [5, 5.41) is 5.97. The van der Waals surface area contributed by atoms with Gasteiger partial charge in [-0.1, -0.05) is 89.2 Å². The first kappa shape index (κ1) is 31.8. The summed E-state index contributed by atoms with van der Waals surface area (Å²) in [5.41, 5.74) is 9.71. The maximum atomic E-state index is 4.56. The van der Waals surface area contributed by atoms with Crippen LogP contribution in [-0.2, 0) is 38.0 Å². The van der Waals surface area contributed by atoms with Crippen molar-refractivity contribution in [1.82, 2.24) is 0 Å². The number of nitrogens with zero attached hydrogens (tertiary/aromatic N) is 1. The van der Waals surface area contributed by atoms with Gasteiger partial charge in [-0.3, -0.25) is 4.99 Å². The smallest absolute Gasteiger partial charge is 1.00 e. The van der Waals surface area contributed by atoms with Crippen molar-refractivity contribution in [3.8, 4) is 11.1 Å². The second-order valence-electron chi connectivity index (χ2n) is 11.5. The molecule has 0 fully saturated rings. The topological polar surface area (TPSA) is 12.4 Å². The van der Waals surface area contributed by atoms with Crippen LogP contribution in [-0.4, -0.2) is 13.8 Å². The van der Waals surface area contributed by atoms with Crippen LogP contribution in [0.1, 0.15) is 52.2 Å². The number of allylic oxidation sites excluding steroid dienone is 4. The van der Waals surface area contributed by atoms with Crippen LogP contribution in [0.15, 0.2) is 93.4 Å². The summed E-state index contributed by atoms with van der Waals surface area (Å²) in [6, 6.07) is 20.4. The van der Waals surface area contributed by atoms with E-state index in [1.807, 2.05) is 0 Å². The van der Waals surface area contributed by atoms with Gasteiger partial charge in [0.1, 0.15) is 8.07 Å². The molecule has 0 saturated carbocycles. The maximum absolute atomic E-state index is 4.56. The molecule has 0 spiro atoms. The molecule has 0 amide bonds. The molecule has 37 heavy (non-hydrogen) atoms. The third kappa shape index (κ3) is 5.67. The third-order valence-corrected chi connectivity index (χ3v) is 11.2. The van der Waals surface area contributed by atoms with Crippen LogP contribution in [0.5, 0.6) is 0 Å². The first-order valence-corrected chi connectivity index (χ1v) is 15.6. The predicted molar refractivity (Wildman–Crippen MR) is 151 cm³/mol. The normalized spacial score (nSPS) is 16.1. The molecule has 0 saturated heterocycles. The molecular weight excluding hydrogens is 589 g/mol. The molecule has 2 heterocycles. The largest absolute Gasteiger partial charge is 3.00 e. The summed E-state index contributed by atoms with van der Waals surface area (Å²) in [7, 11) is -1.17. The van der Waals surface area contributed by atoms with Crippen molar-refractivity contribution >= 4 is 24.6 Å². The number of fused-ring (bicyclic) bond motifs is 1. The molecule has 0 aromatic heterocycles. The van der Waals surface area contributed by atoms with Gasteiger partial charge in [0, 0.05) is 11.3 Å². The predicted octanol–water partition coefficient (Wildman–Crippen LogP) is 2.86. The Labute approximate surface area is 255 Å². The van der Waals surface area contributed by atoms with E-state index in [-0.39, 0.29) is 56.4 Å². The third-order valence-electron chi connectivity index (χ3n) is 7.54. The Bertz CT molecular complexity index is 1410. The number of benzene rings is 2. The van der Waals surface area contributed by atoms with Crippen LogP contribution in [0.4, 0.5) is 0 Å². The molecule has 0 N–H and O–H groups in total. The molecule has 3 aromatic rings. The Morgan fingerprint density at radius 1 is 0.946 bits per heavy atom. The Hall–Kier alpha value is -1.38. The molecule has 1 nitrogen and oxygen atoms in total. The van der Waals surface area contributed by atoms with Crippen LogP contribution in [0, 0.1) is 0 Å². The van der Waals surface area contributed by atoms with E-state index in [0.29, 0.717) is 0 Å². The average molecular weight is 625 g/mol. The van der Waals surface area contributed by atoms with Gasteiger partial charge in [-0.25, -0.2) is 0 Å². The quantitative estimate of drug-likeness (QED) is 0.314.